The first-order valence-corrected chi connectivity index (χ1v) is 7.16. The molecule has 2 aromatic rings. The second-order valence-electron chi connectivity index (χ2n) is 4.05. The normalized spacial score (nSPS) is 10.4. The average Bonchev–Trinajstić information content (AvgIpc) is 2.72. The Hall–Kier alpha value is -1.13. The van der Waals surface area contributed by atoms with Crippen LogP contribution < -0.4 is 4.74 Å². The number of carbonyl (C=O) groups excluding carboxylic acids is 1. The zero-order valence-corrected chi connectivity index (χ0v) is 12.6. The summed E-state index contributed by atoms with van der Waals surface area (Å²) >= 11 is 5.05. The molecule has 2 nitrogen and oxygen atoms in total. The maximum atomic E-state index is 11.5. The highest BCUT2D eigenvalue weighted by Crippen LogP contribution is 2.26. The summed E-state index contributed by atoms with van der Waals surface area (Å²) in [6, 6.07) is 9.64. The molecule has 0 aliphatic heterocycles. The molecule has 1 aromatic heterocycles. The second kappa shape index (κ2) is 5.67. The van der Waals surface area contributed by atoms with E-state index in [1.165, 1.54) is 0 Å². The number of carbonyl (C=O) groups is 1. The van der Waals surface area contributed by atoms with Crippen molar-refractivity contribution < 1.29 is 9.53 Å². The van der Waals surface area contributed by atoms with E-state index in [1.54, 1.807) is 18.3 Å². The Balaban J connectivity index is 2.17. The first-order chi connectivity index (χ1) is 8.56. The molecule has 1 heterocycles. The summed E-state index contributed by atoms with van der Waals surface area (Å²) in [5.74, 6) is 0.685. The molecule has 0 N–H and O–H groups in total. The Morgan fingerprint density at radius 1 is 1.33 bits per heavy atom. The van der Waals surface area contributed by atoms with Crippen LogP contribution in [0.2, 0.25) is 0 Å². The van der Waals surface area contributed by atoms with Gasteiger partial charge in [-0.05, 0) is 59.6 Å². The van der Waals surface area contributed by atoms with Gasteiger partial charge in [-0.1, -0.05) is 6.07 Å². The third-order valence-corrected chi connectivity index (χ3v) is 4.11. The molecule has 0 amide bonds. The molecule has 0 unspecified atom stereocenters. The zero-order valence-electron chi connectivity index (χ0n) is 10.2. The van der Waals surface area contributed by atoms with E-state index in [2.05, 4.69) is 15.9 Å². The van der Waals surface area contributed by atoms with E-state index in [4.69, 9.17) is 4.74 Å². The quantitative estimate of drug-likeness (QED) is 0.768. The molecule has 1 aromatic carbocycles. The minimum absolute atomic E-state index is 0.0253. The van der Waals surface area contributed by atoms with Gasteiger partial charge in [0.25, 0.3) is 0 Å². The van der Waals surface area contributed by atoms with E-state index in [9.17, 15) is 4.79 Å². The second-order valence-corrected chi connectivity index (χ2v) is 6.60. The SMILES string of the molecule is CC(=O)c1ccc(C)cc1OCc1ccc(Br)s1. The lowest BCUT2D eigenvalue weighted by Crippen LogP contribution is -2.01. The van der Waals surface area contributed by atoms with Crippen LogP contribution in [0.1, 0.15) is 27.7 Å². The zero-order chi connectivity index (χ0) is 13.1. The first kappa shape index (κ1) is 13.3. The van der Waals surface area contributed by atoms with Crippen molar-refractivity contribution in [2.75, 3.05) is 0 Å². The molecule has 0 bridgehead atoms. The number of Topliss-reactive ketones (excluding diaryl/α,β-unsaturated/α-hetero) is 1. The van der Waals surface area contributed by atoms with Gasteiger partial charge in [0.15, 0.2) is 5.78 Å². The minimum atomic E-state index is 0.0253. The maximum Gasteiger partial charge on any atom is 0.163 e. The van der Waals surface area contributed by atoms with Gasteiger partial charge in [0.1, 0.15) is 12.4 Å². The molecule has 0 aliphatic carbocycles. The number of ketones is 1. The highest BCUT2D eigenvalue weighted by molar-refractivity contribution is 9.11. The van der Waals surface area contributed by atoms with E-state index in [0.717, 1.165) is 14.2 Å². The lowest BCUT2D eigenvalue weighted by molar-refractivity contribution is 0.101. The minimum Gasteiger partial charge on any atom is -0.487 e. The topological polar surface area (TPSA) is 26.3 Å². The number of thiophene rings is 1. The van der Waals surface area contributed by atoms with Crippen LogP contribution in [-0.2, 0) is 6.61 Å². The summed E-state index contributed by atoms with van der Waals surface area (Å²) in [7, 11) is 0. The Kier molecular flexibility index (Phi) is 4.19. The molecule has 0 atom stereocenters. The monoisotopic (exact) mass is 324 g/mol. The number of rotatable bonds is 4. The number of halogens is 1. The summed E-state index contributed by atoms with van der Waals surface area (Å²) in [5, 5.41) is 0. The van der Waals surface area contributed by atoms with Gasteiger partial charge in [-0.3, -0.25) is 4.79 Å². The lowest BCUT2D eigenvalue weighted by Gasteiger charge is -2.09. The van der Waals surface area contributed by atoms with Gasteiger partial charge in [-0.15, -0.1) is 11.3 Å². The maximum absolute atomic E-state index is 11.5. The van der Waals surface area contributed by atoms with Crippen LogP contribution >= 0.6 is 27.3 Å². The summed E-state index contributed by atoms with van der Waals surface area (Å²) in [5.41, 5.74) is 1.72. The number of benzene rings is 1. The van der Waals surface area contributed by atoms with Gasteiger partial charge < -0.3 is 4.74 Å². The van der Waals surface area contributed by atoms with Crippen LogP contribution in [0.4, 0.5) is 0 Å². The standard InChI is InChI=1S/C14H13BrO2S/c1-9-3-5-12(10(2)16)13(7-9)17-8-11-4-6-14(15)18-11/h3-7H,8H2,1-2H3. The van der Waals surface area contributed by atoms with Gasteiger partial charge in [0.2, 0.25) is 0 Å². The van der Waals surface area contributed by atoms with Crippen LogP contribution in [0.25, 0.3) is 0 Å². The van der Waals surface area contributed by atoms with E-state index in [-0.39, 0.29) is 5.78 Å². The Bertz CT molecular complexity index is 575. The Labute approximate surface area is 119 Å². The molecule has 0 fully saturated rings. The Morgan fingerprint density at radius 3 is 2.72 bits per heavy atom. The van der Waals surface area contributed by atoms with Gasteiger partial charge in [-0.25, -0.2) is 0 Å². The van der Waals surface area contributed by atoms with Crippen molar-refractivity contribution in [3.05, 3.63) is 50.1 Å². The number of aryl methyl sites for hydroxylation is 1. The molecule has 0 saturated heterocycles. The molecule has 2 rings (SSSR count). The smallest absolute Gasteiger partial charge is 0.163 e. The average molecular weight is 325 g/mol. The first-order valence-electron chi connectivity index (χ1n) is 5.55. The van der Waals surface area contributed by atoms with Gasteiger partial charge in [-0.2, -0.15) is 0 Å². The number of hydrogen-bond acceptors (Lipinski definition) is 3. The molecule has 0 radical (unpaired) electrons. The third-order valence-electron chi connectivity index (χ3n) is 2.52. The fourth-order valence-corrected chi connectivity index (χ4v) is 3.01. The van der Waals surface area contributed by atoms with Crippen molar-refractivity contribution in [2.24, 2.45) is 0 Å². The summed E-state index contributed by atoms with van der Waals surface area (Å²) < 4.78 is 6.83. The number of ether oxygens (including phenoxy) is 1. The van der Waals surface area contributed by atoms with E-state index >= 15 is 0 Å². The molecule has 18 heavy (non-hydrogen) atoms. The predicted octanol–water partition coefficient (Wildman–Crippen LogP) is 4.60. The molecular formula is C14H13BrO2S. The lowest BCUT2D eigenvalue weighted by atomic mass is 10.1. The van der Waals surface area contributed by atoms with Gasteiger partial charge in [0, 0.05) is 4.88 Å². The van der Waals surface area contributed by atoms with Gasteiger partial charge in [0.05, 0.1) is 9.35 Å². The molecule has 4 heteroatoms. The summed E-state index contributed by atoms with van der Waals surface area (Å²) in [4.78, 5) is 12.6. The fraction of sp³-hybridized carbons (Fsp3) is 0.214. The molecule has 0 aliphatic rings. The highest BCUT2D eigenvalue weighted by atomic mass is 79.9. The van der Waals surface area contributed by atoms with Crippen LogP contribution in [0.3, 0.4) is 0 Å². The van der Waals surface area contributed by atoms with Gasteiger partial charge >= 0.3 is 0 Å². The largest absolute Gasteiger partial charge is 0.487 e. The molecule has 94 valence electrons. The van der Waals surface area contributed by atoms with E-state index in [1.807, 2.05) is 37.3 Å². The van der Waals surface area contributed by atoms with Crippen molar-refractivity contribution in [3.8, 4) is 5.75 Å². The highest BCUT2D eigenvalue weighted by Gasteiger charge is 2.09. The van der Waals surface area contributed by atoms with Crippen molar-refractivity contribution in [1.82, 2.24) is 0 Å². The van der Waals surface area contributed by atoms with Crippen LogP contribution in [-0.4, -0.2) is 5.78 Å². The van der Waals surface area contributed by atoms with E-state index < -0.39 is 0 Å². The van der Waals surface area contributed by atoms with Crippen molar-refractivity contribution in [1.29, 1.82) is 0 Å². The third kappa shape index (κ3) is 3.21. The summed E-state index contributed by atoms with van der Waals surface area (Å²) in [6.45, 7) is 4.03. The van der Waals surface area contributed by atoms with E-state index in [0.29, 0.717) is 17.9 Å². The van der Waals surface area contributed by atoms with Crippen LogP contribution in [0, 0.1) is 6.92 Å². The predicted molar refractivity (Wildman–Crippen MR) is 77.5 cm³/mol. The van der Waals surface area contributed by atoms with Crippen molar-refractivity contribution in [2.45, 2.75) is 20.5 Å². The molecule has 0 saturated carbocycles. The van der Waals surface area contributed by atoms with Crippen molar-refractivity contribution >= 4 is 33.0 Å². The van der Waals surface area contributed by atoms with Crippen LogP contribution in [0.5, 0.6) is 5.75 Å². The summed E-state index contributed by atoms with van der Waals surface area (Å²) in [6.07, 6.45) is 0. The number of hydrogen-bond donors (Lipinski definition) is 0. The van der Waals surface area contributed by atoms with Crippen LogP contribution in [0.15, 0.2) is 34.1 Å². The molecule has 0 spiro atoms. The fourth-order valence-electron chi connectivity index (χ4n) is 1.62. The van der Waals surface area contributed by atoms with Crippen molar-refractivity contribution in [3.63, 3.8) is 0 Å². The molecular weight excluding hydrogens is 312 g/mol. The Morgan fingerprint density at radius 2 is 2.11 bits per heavy atom.